The van der Waals surface area contributed by atoms with Crippen LogP contribution in [0.5, 0.6) is 0 Å². The van der Waals surface area contributed by atoms with Crippen molar-refractivity contribution < 1.29 is 14.6 Å². The highest BCUT2D eigenvalue weighted by molar-refractivity contribution is 6.35. The second-order valence-corrected chi connectivity index (χ2v) is 10.9. The molecule has 2 aliphatic heterocycles. The number of aliphatic hydroxyl groups is 2. The maximum atomic E-state index is 14.1. The molecular formula is C23H31ClFN3O2. The normalized spacial score (nSPS) is 35.7. The number of piperidine rings is 1. The van der Waals surface area contributed by atoms with Gasteiger partial charge in [0.05, 0.1) is 21.8 Å². The molecule has 2 saturated carbocycles. The minimum Gasteiger partial charge on any atom is -0.390 e. The van der Waals surface area contributed by atoms with Gasteiger partial charge in [0.1, 0.15) is 12.0 Å². The lowest BCUT2D eigenvalue weighted by molar-refractivity contribution is -0.145. The molecule has 0 amide bonds. The zero-order valence-electron chi connectivity index (χ0n) is 17.9. The molecule has 6 atom stereocenters. The Hall–Kier alpha value is -1.21. The van der Waals surface area contributed by atoms with E-state index in [-0.39, 0.29) is 22.4 Å². The lowest BCUT2D eigenvalue weighted by atomic mass is 9.63. The number of halogens is 2. The summed E-state index contributed by atoms with van der Waals surface area (Å²) in [4.78, 5) is 2.27. The number of benzene rings is 1. The summed E-state index contributed by atoms with van der Waals surface area (Å²) in [5, 5.41) is 27.8. The first-order chi connectivity index (χ1) is 14.1. The van der Waals surface area contributed by atoms with Gasteiger partial charge >= 0.3 is 0 Å². The van der Waals surface area contributed by atoms with Crippen molar-refractivity contribution in [3.8, 4) is 0 Å². The minimum atomic E-state index is -0.621. The maximum absolute atomic E-state index is 14.1. The second kappa shape index (κ2) is 6.89. The van der Waals surface area contributed by atoms with Crippen LogP contribution in [0.1, 0.15) is 70.4 Å². The number of fused-ring (bicyclic) bond motifs is 2. The van der Waals surface area contributed by atoms with Gasteiger partial charge in [-0.2, -0.15) is 5.10 Å². The summed E-state index contributed by atoms with van der Waals surface area (Å²) < 4.78 is 15.8. The summed E-state index contributed by atoms with van der Waals surface area (Å²) in [6.45, 7) is 4.32. The van der Waals surface area contributed by atoms with Crippen molar-refractivity contribution in [2.45, 2.75) is 88.6 Å². The summed E-state index contributed by atoms with van der Waals surface area (Å²) in [6.07, 6.45) is 5.32. The van der Waals surface area contributed by atoms with Crippen molar-refractivity contribution in [3.05, 3.63) is 28.7 Å². The molecule has 2 saturated heterocycles. The number of nitrogens with zero attached hydrogens (tertiary/aromatic N) is 3. The fourth-order valence-corrected chi connectivity index (χ4v) is 7.19. The highest BCUT2D eigenvalue weighted by Gasteiger charge is 2.56. The molecule has 6 unspecified atom stereocenters. The average Bonchev–Trinajstić information content (AvgIpc) is 2.89. The minimum absolute atomic E-state index is 0.0832. The Bertz CT molecular complexity index is 990. The lowest BCUT2D eigenvalue weighted by Gasteiger charge is -2.55. The van der Waals surface area contributed by atoms with Crippen molar-refractivity contribution in [1.29, 1.82) is 0 Å². The predicted molar refractivity (Wildman–Crippen MR) is 115 cm³/mol. The average molecular weight is 436 g/mol. The third-order valence-electron chi connectivity index (χ3n) is 7.93. The van der Waals surface area contributed by atoms with Gasteiger partial charge in [-0.1, -0.05) is 25.4 Å². The van der Waals surface area contributed by atoms with Gasteiger partial charge in [0.15, 0.2) is 0 Å². The van der Waals surface area contributed by atoms with Crippen molar-refractivity contribution in [2.75, 3.05) is 0 Å². The molecule has 7 heteroatoms. The van der Waals surface area contributed by atoms with Gasteiger partial charge in [0, 0.05) is 30.4 Å². The van der Waals surface area contributed by atoms with Gasteiger partial charge in [-0.05, 0) is 62.5 Å². The number of hydrogen-bond donors (Lipinski definition) is 2. The molecule has 0 spiro atoms. The van der Waals surface area contributed by atoms with Crippen molar-refractivity contribution in [1.82, 2.24) is 14.7 Å². The molecule has 5 nitrogen and oxygen atoms in total. The van der Waals surface area contributed by atoms with Crippen LogP contribution in [-0.4, -0.2) is 48.8 Å². The molecule has 1 aromatic carbocycles. The Morgan fingerprint density at radius 1 is 1.30 bits per heavy atom. The van der Waals surface area contributed by atoms with Gasteiger partial charge in [0.2, 0.25) is 0 Å². The molecule has 2 aliphatic carbocycles. The molecule has 30 heavy (non-hydrogen) atoms. The monoisotopic (exact) mass is 435 g/mol. The molecule has 0 radical (unpaired) electrons. The first-order valence-corrected chi connectivity index (χ1v) is 11.5. The molecule has 6 rings (SSSR count). The van der Waals surface area contributed by atoms with Crippen molar-refractivity contribution in [2.24, 2.45) is 12.5 Å². The van der Waals surface area contributed by atoms with Crippen LogP contribution in [0.4, 0.5) is 4.39 Å². The third-order valence-corrected chi connectivity index (χ3v) is 8.29. The van der Waals surface area contributed by atoms with E-state index in [1.165, 1.54) is 6.07 Å². The Kier molecular flexibility index (Phi) is 4.75. The number of aryl methyl sites for hydroxylation is 1. The van der Waals surface area contributed by atoms with E-state index in [9.17, 15) is 14.6 Å². The molecule has 1 aromatic heterocycles. The van der Waals surface area contributed by atoms with Crippen LogP contribution in [-0.2, 0) is 7.05 Å². The van der Waals surface area contributed by atoms with E-state index >= 15 is 0 Å². The van der Waals surface area contributed by atoms with E-state index in [0.29, 0.717) is 17.8 Å². The summed E-state index contributed by atoms with van der Waals surface area (Å²) in [5.74, 6) is -0.533. The maximum Gasteiger partial charge on any atom is 0.142 e. The zero-order valence-corrected chi connectivity index (χ0v) is 18.7. The van der Waals surface area contributed by atoms with E-state index in [4.69, 9.17) is 11.6 Å². The fraction of sp³-hybridized carbons (Fsp3) is 0.696. The number of rotatable bonds is 4. The van der Waals surface area contributed by atoms with Crippen LogP contribution in [0.15, 0.2) is 12.1 Å². The number of aliphatic hydroxyl groups excluding tert-OH is 1. The molecule has 4 aliphatic rings. The van der Waals surface area contributed by atoms with Gasteiger partial charge in [-0.25, -0.2) is 4.39 Å². The summed E-state index contributed by atoms with van der Waals surface area (Å²) in [5.41, 5.74) is 1.10. The Balaban J connectivity index is 1.42. The Labute approximate surface area is 181 Å². The highest BCUT2D eigenvalue weighted by atomic mass is 35.5. The van der Waals surface area contributed by atoms with Crippen molar-refractivity contribution >= 4 is 22.5 Å². The Morgan fingerprint density at radius 2 is 2.03 bits per heavy atom. The highest BCUT2D eigenvalue weighted by Crippen LogP contribution is 2.56. The van der Waals surface area contributed by atoms with E-state index in [0.717, 1.165) is 49.7 Å². The van der Waals surface area contributed by atoms with Crippen LogP contribution >= 0.6 is 11.6 Å². The molecule has 2 aromatic rings. The zero-order chi connectivity index (χ0) is 21.4. The molecule has 3 heterocycles. The molecule has 4 fully saturated rings. The van der Waals surface area contributed by atoms with E-state index in [2.05, 4.69) is 16.9 Å². The first-order valence-electron chi connectivity index (χ1n) is 11.1. The van der Waals surface area contributed by atoms with Crippen LogP contribution in [0.3, 0.4) is 0 Å². The predicted octanol–water partition coefficient (Wildman–Crippen LogP) is 4.34. The van der Waals surface area contributed by atoms with Gasteiger partial charge < -0.3 is 10.2 Å². The molecule has 164 valence electrons. The summed E-state index contributed by atoms with van der Waals surface area (Å²) in [7, 11) is 1.83. The smallest absolute Gasteiger partial charge is 0.142 e. The van der Waals surface area contributed by atoms with E-state index in [1.807, 2.05) is 14.0 Å². The van der Waals surface area contributed by atoms with Crippen molar-refractivity contribution in [3.63, 3.8) is 0 Å². The van der Waals surface area contributed by atoms with Crippen LogP contribution in [0.2, 0.25) is 5.02 Å². The summed E-state index contributed by atoms with van der Waals surface area (Å²) in [6, 6.07) is 3.57. The third kappa shape index (κ3) is 3.19. The van der Waals surface area contributed by atoms with E-state index < -0.39 is 17.6 Å². The van der Waals surface area contributed by atoms with Crippen LogP contribution < -0.4 is 0 Å². The lowest BCUT2D eigenvalue weighted by Crippen LogP contribution is -2.59. The van der Waals surface area contributed by atoms with Gasteiger partial charge in [-0.3, -0.25) is 9.58 Å². The number of hydrogen-bond acceptors (Lipinski definition) is 4. The van der Waals surface area contributed by atoms with Crippen LogP contribution in [0.25, 0.3) is 10.9 Å². The second-order valence-electron chi connectivity index (χ2n) is 10.5. The summed E-state index contributed by atoms with van der Waals surface area (Å²) >= 11 is 6.30. The Morgan fingerprint density at radius 3 is 2.80 bits per heavy atom. The van der Waals surface area contributed by atoms with E-state index in [1.54, 1.807) is 10.7 Å². The largest absolute Gasteiger partial charge is 0.390 e. The quantitative estimate of drug-likeness (QED) is 0.750. The first kappa shape index (κ1) is 20.7. The SMILES string of the molecule is CC(CC(O)N1C2CCC3(O)CC1CC(C)(C2)C3)c1nn(C)c2ccc(F)c(Cl)c12. The molecular weight excluding hydrogens is 405 g/mol. The molecule has 2 N–H and O–H groups in total. The van der Waals surface area contributed by atoms with Crippen LogP contribution in [0, 0.1) is 11.2 Å². The fourth-order valence-electron chi connectivity index (χ4n) is 6.93. The standard InChI is InChI=1S/C23H31ClFN3O2/c1-13(21-19-17(27(3)26-21)5-4-16(25)20(19)24)8-18(29)28-14-6-7-23(30)11-15(28)10-22(2,9-14)12-23/h4-5,13-15,18,29-30H,6-12H2,1-3H3. The number of aromatic nitrogens is 2. The molecule has 4 bridgehead atoms. The topological polar surface area (TPSA) is 61.5 Å². The van der Waals surface area contributed by atoms with Gasteiger partial charge in [-0.15, -0.1) is 0 Å². The van der Waals surface area contributed by atoms with Gasteiger partial charge in [0.25, 0.3) is 0 Å².